The van der Waals surface area contributed by atoms with Gasteiger partial charge < -0.3 is 5.32 Å². The summed E-state index contributed by atoms with van der Waals surface area (Å²) in [7, 11) is 0. The summed E-state index contributed by atoms with van der Waals surface area (Å²) in [4.78, 5) is 10.9. The fraction of sp³-hybridized carbons (Fsp3) is 0.533. The molecule has 17 heavy (non-hydrogen) atoms. The maximum atomic E-state index is 10.9. The molecule has 1 aliphatic rings. The topological polar surface area (TPSA) is 29.1 Å². The first kappa shape index (κ1) is 12.2. The van der Waals surface area contributed by atoms with Gasteiger partial charge >= 0.3 is 0 Å². The molecule has 0 aliphatic heterocycles. The van der Waals surface area contributed by atoms with Crippen molar-refractivity contribution in [1.82, 2.24) is 5.32 Å². The van der Waals surface area contributed by atoms with Crippen LogP contribution in [0.1, 0.15) is 45.1 Å². The van der Waals surface area contributed by atoms with Gasteiger partial charge in [0.2, 0.25) is 6.41 Å². The zero-order chi connectivity index (χ0) is 12.4. The minimum absolute atomic E-state index is 0.0351. The Labute approximate surface area is 103 Å². The van der Waals surface area contributed by atoms with E-state index in [-0.39, 0.29) is 11.0 Å². The zero-order valence-electron chi connectivity index (χ0n) is 10.7. The van der Waals surface area contributed by atoms with E-state index in [1.807, 2.05) is 6.07 Å². The Balaban J connectivity index is 2.41. The second-order valence-electron chi connectivity index (χ2n) is 5.50. The Morgan fingerprint density at radius 2 is 1.76 bits per heavy atom. The predicted octanol–water partition coefficient (Wildman–Crippen LogP) is 3.02. The first-order valence-electron chi connectivity index (χ1n) is 6.39. The minimum atomic E-state index is -0.131. The van der Waals surface area contributed by atoms with Gasteiger partial charge in [-0.25, -0.2) is 0 Å². The SMILES string of the molecule is CC1(NC=O)CCCCC1(C)c1ccccc1. The molecule has 2 rings (SSSR count). The summed E-state index contributed by atoms with van der Waals surface area (Å²) in [5.74, 6) is 0. The van der Waals surface area contributed by atoms with Gasteiger partial charge in [0.1, 0.15) is 0 Å². The molecule has 1 aromatic carbocycles. The highest BCUT2D eigenvalue weighted by Crippen LogP contribution is 2.45. The third-order valence-corrected chi connectivity index (χ3v) is 4.61. The van der Waals surface area contributed by atoms with E-state index in [2.05, 4.69) is 43.4 Å². The van der Waals surface area contributed by atoms with Gasteiger partial charge in [0.15, 0.2) is 0 Å². The van der Waals surface area contributed by atoms with Crippen LogP contribution in [-0.2, 0) is 10.2 Å². The van der Waals surface area contributed by atoms with Gasteiger partial charge in [-0.1, -0.05) is 50.1 Å². The van der Waals surface area contributed by atoms with Crippen molar-refractivity contribution >= 4 is 6.41 Å². The van der Waals surface area contributed by atoms with Gasteiger partial charge in [-0.05, 0) is 25.3 Å². The lowest BCUT2D eigenvalue weighted by molar-refractivity contribution is -0.112. The van der Waals surface area contributed by atoms with E-state index >= 15 is 0 Å². The molecule has 0 aromatic heterocycles. The van der Waals surface area contributed by atoms with E-state index in [1.165, 1.54) is 18.4 Å². The van der Waals surface area contributed by atoms with Crippen molar-refractivity contribution < 1.29 is 4.79 Å². The van der Waals surface area contributed by atoms with Crippen molar-refractivity contribution in [1.29, 1.82) is 0 Å². The van der Waals surface area contributed by atoms with Crippen LogP contribution in [0.15, 0.2) is 30.3 Å². The molecular formula is C15H21NO. The normalized spacial score (nSPS) is 33.1. The van der Waals surface area contributed by atoms with Crippen molar-refractivity contribution in [2.45, 2.75) is 50.5 Å². The number of amides is 1. The van der Waals surface area contributed by atoms with Gasteiger partial charge in [0.25, 0.3) is 0 Å². The summed E-state index contributed by atoms with van der Waals surface area (Å²) < 4.78 is 0. The molecule has 2 unspecified atom stereocenters. The Kier molecular flexibility index (Phi) is 3.23. The van der Waals surface area contributed by atoms with Crippen LogP contribution < -0.4 is 5.32 Å². The molecule has 0 radical (unpaired) electrons. The number of nitrogens with one attached hydrogen (secondary N) is 1. The lowest BCUT2D eigenvalue weighted by atomic mass is 9.60. The van der Waals surface area contributed by atoms with Crippen LogP contribution in [0.25, 0.3) is 0 Å². The lowest BCUT2D eigenvalue weighted by Gasteiger charge is -2.50. The van der Waals surface area contributed by atoms with Crippen molar-refractivity contribution in [3.05, 3.63) is 35.9 Å². The molecule has 0 saturated heterocycles. The van der Waals surface area contributed by atoms with Gasteiger partial charge in [0, 0.05) is 11.0 Å². The maximum Gasteiger partial charge on any atom is 0.207 e. The Morgan fingerprint density at radius 3 is 2.41 bits per heavy atom. The molecule has 1 aliphatic carbocycles. The summed E-state index contributed by atoms with van der Waals surface area (Å²) in [6, 6.07) is 10.6. The summed E-state index contributed by atoms with van der Waals surface area (Å²) in [5.41, 5.74) is 1.23. The fourth-order valence-electron chi connectivity index (χ4n) is 3.14. The number of benzene rings is 1. The summed E-state index contributed by atoms with van der Waals surface area (Å²) >= 11 is 0. The largest absolute Gasteiger partial charge is 0.353 e. The molecule has 2 heteroatoms. The second kappa shape index (κ2) is 4.52. The summed E-state index contributed by atoms with van der Waals surface area (Å²) in [6.07, 6.45) is 5.47. The zero-order valence-corrected chi connectivity index (χ0v) is 10.7. The molecule has 1 aromatic rings. The van der Waals surface area contributed by atoms with Gasteiger partial charge in [-0.15, -0.1) is 0 Å². The van der Waals surface area contributed by atoms with Crippen LogP contribution in [-0.4, -0.2) is 11.9 Å². The smallest absolute Gasteiger partial charge is 0.207 e. The van der Waals surface area contributed by atoms with E-state index in [0.29, 0.717) is 0 Å². The summed E-state index contributed by atoms with van der Waals surface area (Å²) in [5, 5.41) is 3.07. The van der Waals surface area contributed by atoms with Crippen LogP contribution in [0.3, 0.4) is 0 Å². The van der Waals surface area contributed by atoms with Gasteiger partial charge in [0.05, 0.1) is 0 Å². The highest BCUT2D eigenvalue weighted by Gasteiger charge is 2.46. The van der Waals surface area contributed by atoms with Crippen LogP contribution in [0.4, 0.5) is 0 Å². The van der Waals surface area contributed by atoms with E-state index < -0.39 is 0 Å². The Morgan fingerprint density at radius 1 is 1.12 bits per heavy atom. The molecule has 1 amide bonds. The average Bonchev–Trinajstić information content (AvgIpc) is 2.35. The van der Waals surface area contributed by atoms with Crippen molar-refractivity contribution in [2.75, 3.05) is 0 Å². The van der Waals surface area contributed by atoms with Crippen LogP contribution in [0.2, 0.25) is 0 Å². The number of hydrogen-bond acceptors (Lipinski definition) is 1. The second-order valence-corrected chi connectivity index (χ2v) is 5.50. The van der Waals surface area contributed by atoms with Crippen molar-refractivity contribution in [2.24, 2.45) is 0 Å². The summed E-state index contributed by atoms with van der Waals surface area (Å²) in [6.45, 7) is 4.45. The first-order chi connectivity index (χ1) is 8.12. The van der Waals surface area contributed by atoms with Crippen molar-refractivity contribution in [3.63, 3.8) is 0 Å². The third kappa shape index (κ3) is 1.97. The van der Waals surface area contributed by atoms with E-state index in [9.17, 15) is 4.79 Å². The number of hydrogen-bond donors (Lipinski definition) is 1. The molecule has 0 spiro atoms. The fourth-order valence-corrected chi connectivity index (χ4v) is 3.14. The molecule has 1 N–H and O–H groups in total. The van der Waals surface area contributed by atoms with E-state index in [4.69, 9.17) is 0 Å². The predicted molar refractivity (Wildman–Crippen MR) is 69.9 cm³/mol. The van der Waals surface area contributed by atoms with Gasteiger partial charge in [-0.2, -0.15) is 0 Å². The molecular weight excluding hydrogens is 210 g/mol. The third-order valence-electron chi connectivity index (χ3n) is 4.61. The van der Waals surface area contributed by atoms with Crippen LogP contribution in [0, 0.1) is 0 Å². The Bertz CT molecular complexity index is 389. The van der Waals surface area contributed by atoms with E-state index in [1.54, 1.807) is 0 Å². The monoisotopic (exact) mass is 231 g/mol. The number of carbonyl (C=O) groups excluding carboxylic acids is 1. The molecule has 0 heterocycles. The molecule has 92 valence electrons. The molecule has 1 saturated carbocycles. The molecule has 1 fully saturated rings. The highest BCUT2D eigenvalue weighted by molar-refractivity contribution is 5.50. The standard InChI is InChI=1S/C15H21NO/c1-14(13-8-4-3-5-9-13)10-6-7-11-15(14,2)16-12-17/h3-5,8-9,12H,6-7,10-11H2,1-2H3,(H,16,17). The lowest BCUT2D eigenvalue weighted by Crippen LogP contribution is -2.58. The molecule has 2 nitrogen and oxygen atoms in total. The average molecular weight is 231 g/mol. The van der Waals surface area contributed by atoms with Crippen LogP contribution in [0.5, 0.6) is 0 Å². The van der Waals surface area contributed by atoms with Crippen molar-refractivity contribution in [3.8, 4) is 0 Å². The molecule has 2 atom stereocenters. The molecule has 0 bridgehead atoms. The first-order valence-corrected chi connectivity index (χ1v) is 6.39. The number of rotatable bonds is 3. The van der Waals surface area contributed by atoms with Crippen LogP contribution >= 0.6 is 0 Å². The number of carbonyl (C=O) groups is 1. The highest BCUT2D eigenvalue weighted by atomic mass is 16.1. The Hall–Kier alpha value is -1.31. The van der Waals surface area contributed by atoms with E-state index in [0.717, 1.165) is 19.3 Å². The van der Waals surface area contributed by atoms with Gasteiger partial charge in [-0.3, -0.25) is 4.79 Å². The quantitative estimate of drug-likeness (QED) is 0.796. The maximum absolute atomic E-state index is 10.9. The minimum Gasteiger partial charge on any atom is -0.353 e.